The van der Waals surface area contributed by atoms with Crippen LogP contribution in [0.15, 0.2) is 12.3 Å². The van der Waals surface area contributed by atoms with Gasteiger partial charge in [0.15, 0.2) is 5.78 Å². The van der Waals surface area contributed by atoms with Gasteiger partial charge in [0.2, 0.25) is 0 Å². The molecule has 0 radical (unpaired) electrons. The van der Waals surface area contributed by atoms with Crippen molar-refractivity contribution < 1.29 is 9.53 Å². The minimum absolute atomic E-state index is 0.149. The average molecular weight is 180 g/mol. The predicted octanol–water partition coefficient (Wildman–Crippen LogP) is 2.44. The average Bonchev–Trinajstić information content (AvgIpc) is 2.11. The van der Waals surface area contributed by atoms with Crippen molar-refractivity contribution in [1.82, 2.24) is 0 Å². The first kappa shape index (κ1) is 8.79. The molecule has 2 atom stereocenters. The zero-order valence-corrected chi connectivity index (χ0v) is 8.08. The molecule has 1 heterocycles. The lowest BCUT2D eigenvalue weighted by atomic mass is 9.73. The topological polar surface area (TPSA) is 26.3 Å². The molecule has 0 saturated heterocycles. The largest absolute Gasteiger partial charge is 0.494 e. The molecule has 13 heavy (non-hydrogen) atoms. The molecule has 1 saturated carbocycles. The summed E-state index contributed by atoms with van der Waals surface area (Å²) in [5.41, 5.74) is -0.149. The number of hydrogen-bond acceptors (Lipinski definition) is 2. The Bertz CT molecular complexity index is 244. The van der Waals surface area contributed by atoms with Crippen molar-refractivity contribution in [2.75, 3.05) is 0 Å². The van der Waals surface area contributed by atoms with Gasteiger partial charge in [0.05, 0.1) is 12.7 Å². The third-order valence-corrected chi connectivity index (χ3v) is 3.42. The summed E-state index contributed by atoms with van der Waals surface area (Å²) in [5.74, 6) is 0.746. The molecule has 0 bridgehead atoms. The summed E-state index contributed by atoms with van der Waals surface area (Å²) >= 11 is 0. The van der Waals surface area contributed by atoms with Gasteiger partial charge in [-0.1, -0.05) is 13.3 Å². The van der Waals surface area contributed by atoms with Crippen LogP contribution in [0.2, 0.25) is 0 Å². The van der Waals surface area contributed by atoms with Crippen molar-refractivity contribution in [3.05, 3.63) is 12.3 Å². The molecule has 2 nitrogen and oxygen atoms in total. The van der Waals surface area contributed by atoms with E-state index < -0.39 is 0 Å². The van der Waals surface area contributed by atoms with Crippen LogP contribution in [-0.2, 0) is 9.53 Å². The highest BCUT2D eigenvalue weighted by atomic mass is 16.5. The lowest BCUT2D eigenvalue weighted by Gasteiger charge is -2.42. The van der Waals surface area contributed by atoms with Crippen LogP contribution in [0.4, 0.5) is 0 Å². The first-order chi connectivity index (χ1) is 6.23. The van der Waals surface area contributed by atoms with E-state index in [9.17, 15) is 4.79 Å². The zero-order valence-electron chi connectivity index (χ0n) is 8.08. The van der Waals surface area contributed by atoms with Crippen LogP contribution in [0.25, 0.3) is 0 Å². The molecule has 0 amide bonds. The quantitative estimate of drug-likeness (QED) is 0.572. The highest BCUT2D eigenvalue weighted by molar-refractivity contribution is 5.90. The third-order valence-electron chi connectivity index (χ3n) is 3.42. The molecular formula is C11H16O2. The summed E-state index contributed by atoms with van der Waals surface area (Å²) in [6.07, 6.45) is 8.45. The Morgan fingerprint density at radius 1 is 1.54 bits per heavy atom. The van der Waals surface area contributed by atoms with Gasteiger partial charge in [-0.05, 0) is 25.2 Å². The second kappa shape index (κ2) is 3.17. The lowest BCUT2D eigenvalue weighted by molar-refractivity contribution is -0.129. The van der Waals surface area contributed by atoms with Crippen molar-refractivity contribution in [3.63, 3.8) is 0 Å². The molecule has 0 N–H and O–H groups in total. The Labute approximate surface area is 79.0 Å². The van der Waals surface area contributed by atoms with Crippen LogP contribution < -0.4 is 0 Å². The molecule has 2 heteroatoms. The van der Waals surface area contributed by atoms with E-state index in [1.54, 1.807) is 12.3 Å². The molecule has 2 aliphatic rings. The van der Waals surface area contributed by atoms with E-state index in [-0.39, 0.29) is 11.4 Å². The van der Waals surface area contributed by atoms with Gasteiger partial charge in [-0.3, -0.25) is 4.79 Å². The number of allylic oxidation sites excluding steroid dienone is 1. The van der Waals surface area contributed by atoms with E-state index in [0.29, 0.717) is 12.3 Å². The van der Waals surface area contributed by atoms with Gasteiger partial charge < -0.3 is 4.74 Å². The van der Waals surface area contributed by atoms with Gasteiger partial charge in [-0.2, -0.15) is 0 Å². The maximum absolute atomic E-state index is 11.3. The van der Waals surface area contributed by atoms with E-state index in [0.717, 1.165) is 6.42 Å². The summed E-state index contributed by atoms with van der Waals surface area (Å²) < 4.78 is 5.69. The van der Waals surface area contributed by atoms with Crippen LogP contribution >= 0.6 is 0 Å². The number of ketones is 1. The molecule has 2 unspecified atom stereocenters. The van der Waals surface area contributed by atoms with Crippen LogP contribution in [0, 0.1) is 5.92 Å². The summed E-state index contributed by atoms with van der Waals surface area (Å²) in [6, 6.07) is 0. The van der Waals surface area contributed by atoms with Crippen molar-refractivity contribution >= 4 is 5.78 Å². The molecule has 1 aliphatic heterocycles. The second-order valence-corrected chi connectivity index (χ2v) is 4.28. The molecule has 2 rings (SSSR count). The van der Waals surface area contributed by atoms with Gasteiger partial charge in [0, 0.05) is 6.08 Å². The molecule has 72 valence electrons. The van der Waals surface area contributed by atoms with E-state index in [1.165, 1.54) is 19.3 Å². The van der Waals surface area contributed by atoms with E-state index in [2.05, 4.69) is 6.92 Å². The van der Waals surface area contributed by atoms with Crippen molar-refractivity contribution in [1.29, 1.82) is 0 Å². The fourth-order valence-electron chi connectivity index (χ4n) is 2.46. The van der Waals surface area contributed by atoms with Gasteiger partial charge in [-0.15, -0.1) is 0 Å². The van der Waals surface area contributed by atoms with Gasteiger partial charge in [0.1, 0.15) is 5.60 Å². The molecule has 1 aliphatic carbocycles. The number of carbonyl (C=O) groups excluding carboxylic acids is 1. The lowest BCUT2D eigenvalue weighted by Crippen LogP contribution is -2.44. The molecule has 0 aromatic heterocycles. The maximum Gasteiger partial charge on any atom is 0.162 e. The third kappa shape index (κ3) is 1.50. The van der Waals surface area contributed by atoms with E-state index in [4.69, 9.17) is 4.74 Å². The summed E-state index contributed by atoms with van der Waals surface area (Å²) in [7, 11) is 0. The highest BCUT2D eigenvalue weighted by Crippen LogP contribution is 2.40. The maximum atomic E-state index is 11.3. The summed E-state index contributed by atoms with van der Waals surface area (Å²) in [4.78, 5) is 11.3. The molecule has 1 fully saturated rings. The fourth-order valence-corrected chi connectivity index (χ4v) is 2.46. The molecular weight excluding hydrogens is 164 g/mol. The van der Waals surface area contributed by atoms with Crippen LogP contribution in [0.5, 0.6) is 0 Å². The van der Waals surface area contributed by atoms with Crippen molar-refractivity contribution in [2.24, 2.45) is 5.92 Å². The van der Waals surface area contributed by atoms with Gasteiger partial charge >= 0.3 is 0 Å². The highest BCUT2D eigenvalue weighted by Gasteiger charge is 2.42. The number of ether oxygens (including phenoxy) is 1. The molecule has 1 spiro atoms. The van der Waals surface area contributed by atoms with Crippen molar-refractivity contribution in [3.8, 4) is 0 Å². The molecule has 0 aromatic carbocycles. The minimum Gasteiger partial charge on any atom is -0.494 e. The van der Waals surface area contributed by atoms with Crippen LogP contribution in [0.3, 0.4) is 0 Å². The smallest absolute Gasteiger partial charge is 0.162 e. The Kier molecular flexibility index (Phi) is 2.14. The Morgan fingerprint density at radius 2 is 2.38 bits per heavy atom. The van der Waals surface area contributed by atoms with Crippen LogP contribution in [0.1, 0.15) is 39.0 Å². The Balaban J connectivity index is 2.18. The van der Waals surface area contributed by atoms with Gasteiger partial charge in [0.25, 0.3) is 0 Å². The number of rotatable bonds is 0. The normalized spacial score (nSPS) is 39.2. The number of hydrogen-bond donors (Lipinski definition) is 0. The first-order valence-electron chi connectivity index (χ1n) is 5.10. The minimum atomic E-state index is -0.149. The standard InChI is InChI=1S/C11H16O2/c1-9-4-2-3-6-11(9)8-10(12)5-7-13-11/h5,7,9H,2-4,6,8H2,1H3. The number of carbonyl (C=O) groups is 1. The van der Waals surface area contributed by atoms with E-state index >= 15 is 0 Å². The van der Waals surface area contributed by atoms with Crippen LogP contribution in [-0.4, -0.2) is 11.4 Å². The monoisotopic (exact) mass is 180 g/mol. The zero-order chi connectivity index (χ0) is 9.31. The summed E-state index contributed by atoms with van der Waals surface area (Å²) in [6.45, 7) is 2.20. The van der Waals surface area contributed by atoms with E-state index in [1.807, 2.05) is 0 Å². The second-order valence-electron chi connectivity index (χ2n) is 4.28. The van der Waals surface area contributed by atoms with Crippen molar-refractivity contribution in [2.45, 2.75) is 44.6 Å². The SMILES string of the molecule is CC1CCCCC12CC(=O)C=CO2. The first-order valence-corrected chi connectivity index (χ1v) is 5.10. The summed E-state index contributed by atoms with van der Waals surface area (Å²) in [5, 5.41) is 0. The molecule has 0 aromatic rings. The fraction of sp³-hybridized carbons (Fsp3) is 0.727. The van der Waals surface area contributed by atoms with Gasteiger partial charge in [-0.25, -0.2) is 0 Å². The predicted molar refractivity (Wildman–Crippen MR) is 50.2 cm³/mol. The Hall–Kier alpha value is -0.790. The Morgan fingerprint density at radius 3 is 3.08 bits per heavy atom.